The quantitative estimate of drug-likeness (QED) is 0.815. The zero-order valence-corrected chi connectivity index (χ0v) is 9.14. The molecule has 0 atom stereocenters. The van der Waals surface area contributed by atoms with Crippen LogP contribution in [0.15, 0.2) is 22.7 Å². The number of carbonyl (C=O) groups excluding carboxylic acids is 1. The van der Waals surface area contributed by atoms with Gasteiger partial charge in [-0.1, -0.05) is 22.0 Å². The number of carbonyl (C=O) groups is 1. The molecule has 0 spiro atoms. The van der Waals surface area contributed by atoms with Crippen molar-refractivity contribution >= 4 is 21.7 Å². The average molecular weight is 263 g/mol. The topological polar surface area (TPSA) is 17.1 Å². The second-order valence-corrected chi connectivity index (χ2v) is 3.88. The first kappa shape index (κ1) is 11.3. The number of hydrogen-bond acceptors (Lipinski definition) is 1. The lowest BCUT2D eigenvalue weighted by molar-refractivity contribution is -0.116. The first-order valence-corrected chi connectivity index (χ1v) is 4.86. The second-order valence-electron chi connectivity index (χ2n) is 3.03. The van der Waals surface area contributed by atoms with Gasteiger partial charge in [-0.2, -0.15) is 0 Å². The van der Waals surface area contributed by atoms with E-state index in [1.54, 1.807) is 6.07 Å². The first-order chi connectivity index (χ1) is 6.50. The van der Waals surface area contributed by atoms with E-state index in [9.17, 15) is 13.6 Å². The van der Waals surface area contributed by atoms with Gasteiger partial charge in [-0.3, -0.25) is 4.79 Å². The molecule has 0 bridgehead atoms. The number of rotatable bonds is 3. The second kappa shape index (κ2) is 4.64. The fourth-order valence-electron chi connectivity index (χ4n) is 1.13. The fraction of sp³-hybridized carbons (Fsp3) is 0.300. The van der Waals surface area contributed by atoms with Crippen molar-refractivity contribution in [1.82, 2.24) is 0 Å². The summed E-state index contributed by atoms with van der Waals surface area (Å²) in [5.74, 6) is -0.0443. The number of halogens is 3. The maximum absolute atomic E-state index is 12.3. The Hall–Kier alpha value is -0.770. The van der Waals surface area contributed by atoms with Crippen LogP contribution in [-0.4, -0.2) is 5.78 Å². The van der Waals surface area contributed by atoms with E-state index in [0.29, 0.717) is 10.0 Å². The highest BCUT2D eigenvalue weighted by atomic mass is 79.9. The van der Waals surface area contributed by atoms with E-state index in [2.05, 4.69) is 15.9 Å². The summed E-state index contributed by atoms with van der Waals surface area (Å²) in [7, 11) is 0. The molecule has 0 radical (unpaired) electrons. The molecule has 0 fully saturated rings. The molecule has 0 saturated carbocycles. The molecule has 0 aliphatic rings. The lowest BCUT2D eigenvalue weighted by Crippen LogP contribution is -1.98. The van der Waals surface area contributed by atoms with Crippen molar-refractivity contribution in [3.8, 4) is 0 Å². The molecule has 0 amide bonds. The van der Waals surface area contributed by atoms with Crippen molar-refractivity contribution in [1.29, 1.82) is 0 Å². The number of hydrogen-bond donors (Lipinski definition) is 0. The van der Waals surface area contributed by atoms with Gasteiger partial charge >= 0.3 is 0 Å². The van der Waals surface area contributed by atoms with Crippen LogP contribution in [0.25, 0.3) is 0 Å². The maximum Gasteiger partial charge on any atom is 0.263 e. The highest BCUT2D eigenvalue weighted by molar-refractivity contribution is 9.10. The van der Waals surface area contributed by atoms with Crippen LogP contribution in [0, 0.1) is 0 Å². The highest BCUT2D eigenvalue weighted by Gasteiger charge is 2.10. The predicted molar refractivity (Wildman–Crippen MR) is 53.5 cm³/mol. The first-order valence-electron chi connectivity index (χ1n) is 4.06. The Morgan fingerprint density at radius 1 is 1.50 bits per heavy atom. The van der Waals surface area contributed by atoms with Crippen LogP contribution in [0.4, 0.5) is 8.78 Å². The smallest absolute Gasteiger partial charge is 0.263 e. The Bertz CT molecular complexity index is 350. The molecule has 1 aromatic carbocycles. The normalized spacial score (nSPS) is 10.6. The summed E-state index contributed by atoms with van der Waals surface area (Å²) in [6.07, 6.45) is -2.31. The van der Waals surface area contributed by atoms with Crippen molar-refractivity contribution in [3.63, 3.8) is 0 Å². The molecule has 14 heavy (non-hydrogen) atoms. The predicted octanol–water partition coefficient (Wildman–Crippen LogP) is 3.52. The Kier molecular flexibility index (Phi) is 3.75. The number of alkyl halides is 2. The monoisotopic (exact) mass is 262 g/mol. The SMILES string of the molecule is CC(=O)Cc1cc(C(F)F)ccc1Br. The van der Waals surface area contributed by atoms with E-state index in [1.165, 1.54) is 19.1 Å². The summed E-state index contributed by atoms with van der Waals surface area (Å²) >= 11 is 3.21. The van der Waals surface area contributed by atoms with Gasteiger partial charge in [0.05, 0.1) is 0 Å². The molecule has 0 heterocycles. The molecular weight excluding hydrogens is 254 g/mol. The Balaban J connectivity index is 3.02. The molecule has 4 heteroatoms. The molecule has 1 nitrogen and oxygen atoms in total. The van der Waals surface area contributed by atoms with Crippen LogP contribution >= 0.6 is 15.9 Å². The van der Waals surface area contributed by atoms with E-state index in [0.717, 1.165) is 0 Å². The minimum Gasteiger partial charge on any atom is -0.300 e. The van der Waals surface area contributed by atoms with Crippen molar-refractivity contribution in [2.24, 2.45) is 0 Å². The Morgan fingerprint density at radius 2 is 2.14 bits per heavy atom. The van der Waals surface area contributed by atoms with E-state index in [-0.39, 0.29) is 17.8 Å². The summed E-state index contributed by atoms with van der Waals surface area (Å²) in [5, 5.41) is 0. The summed E-state index contributed by atoms with van der Waals surface area (Å²) in [6.45, 7) is 1.43. The molecule has 0 aromatic heterocycles. The summed E-state index contributed by atoms with van der Waals surface area (Å²) in [4.78, 5) is 10.8. The van der Waals surface area contributed by atoms with Crippen LogP contribution in [0.5, 0.6) is 0 Å². The lowest BCUT2D eigenvalue weighted by Gasteiger charge is -2.05. The number of Topliss-reactive ketones (excluding diaryl/α,β-unsaturated/α-hetero) is 1. The number of ketones is 1. The molecule has 0 N–H and O–H groups in total. The van der Waals surface area contributed by atoms with Crippen LogP contribution in [-0.2, 0) is 11.2 Å². The number of benzene rings is 1. The third-order valence-corrected chi connectivity index (χ3v) is 2.53. The standard InChI is InChI=1S/C10H9BrF2O/c1-6(14)4-8-5-7(10(12)13)2-3-9(8)11/h2-3,5,10H,4H2,1H3. The summed E-state index contributed by atoms with van der Waals surface area (Å²) in [5.41, 5.74) is 0.555. The minimum absolute atomic E-state index is 0.0443. The van der Waals surface area contributed by atoms with Crippen LogP contribution in [0.2, 0.25) is 0 Å². The minimum atomic E-state index is -2.49. The fourth-order valence-corrected chi connectivity index (χ4v) is 1.52. The third kappa shape index (κ3) is 2.87. The largest absolute Gasteiger partial charge is 0.300 e. The van der Waals surface area contributed by atoms with Crippen molar-refractivity contribution in [2.45, 2.75) is 19.8 Å². The van der Waals surface area contributed by atoms with Crippen LogP contribution < -0.4 is 0 Å². The van der Waals surface area contributed by atoms with E-state index in [1.807, 2.05) is 0 Å². The van der Waals surface area contributed by atoms with Gasteiger partial charge < -0.3 is 0 Å². The van der Waals surface area contributed by atoms with Crippen LogP contribution in [0.1, 0.15) is 24.5 Å². The molecule has 0 saturated heterocycles. The zero-order chi connectivity index (χ0) is 10.7. The Morgan fingerprint density at radius 3 is 2.64 bits per heavy atom. The molecule has 0 aliphatic carbocycles. The highest BCUT2D eigenvalue weighted by Crippen LogP contribution is 2.25. The zero-order valence-electron chi connectivity index (χ0n) is 7.56. The average Bonchev–Trinajstić information content (AvgIpc) is 2.07. The third-order valence-electron chi connectivity index (χ3n) is 1.76. The van der Waals surface area contributed by atoms with Crippen LogP contribution in [0.3, 0.4) is 0 Å². The van der Waals surface area contributed by atoms with E-state index < -0.39 is 6.43 Å². The van der Waals surface area contributed by atoms with Crippen molar-refractivity contribution < 1.29 is 13.6 Å². The van der Waals surface area contributed by atoms with Gasteiger partial charge in [0.25, 0.3) is 6.43 Å². The van der Waals surface area contributed by atoms with E-state index >= 15 is 0 Å². The van der Waals surface area contributed by atoms with Gasteiger partial charge in [0, 0.05) is 16.5 Å². The Labute approximate surface area is 89.3 Å². The van der Waals surface area contributed by atoms with Crippen molar-refractivity contribution in [3.05, 3.63) is 33.8 Å². The van der Waals surface area contributed by atoms with Gasteiger partial charge in [0.1, 0.15) is 5.78 Å². The maximum atomic E-state index is 12.3. The molecule has 76 valence electrons. The lowest BCUT2D eigenvalue weighted by atomic mass is 10.1. The summed E-state index contributed by atoms with van der Waals surface area (Å²) < 4.78 is 25.3. The molecule has 1 aromatic rings. The van der Waals surface area contributed by atoms with Gasteiger partial charge in [-0.15, -0.1) is 0 Å². The van der Waals surface area contributed by atoms with E-state index in [4.69, 9.17) is 0 Å². The molecular formula is C10H9BrF2O. The van der Waals surface area contributed by atoms with Gasteiger partial charge in [0.2, 0.25) is 0 Å². The molecule has 0 unspecified atom stereocenters. The van der Waals surface area contributed by atoms with Gasteiger partial charge in [0.15, 0.2) is 0 Å². The van der Waals surface area contributed by atoms with Crippen molar-refractivity contribution in [2.75, 3.05) is 0 Å². The molecule has 1 rings (SSSR count). The summed E-state index contributed by atoms with van der Waals surface area (Å²) in [6, 6.07) is 4.24. The van der Waals surface area contributed by atoms with Gasteiger partial charge in [-0.05, 0) is 24.6 Å². The van der Waals surface area contributed by atoms with Gasteiger partial charge in [-0.25, -0.2) is 8.78 Å². The molecule has 0 aliphatic heterocycles.